The number of phenols is 1. The number of halogens is 3. The number of hydrogen-bond acceptors (Lipinski definition) is 2. The van der Waals surface area contributed by atoms with E-state index in [0.717, 1.165) is 12.1 Å². The van der Waals surface area contributed by atoms with Crippen molar-refractivity contribution in [1.82, 2.24) is 5.32 Å². The Kier molecular flexibility index (Phi) is 4.21. The van der Waals surface area contributed by atoms with Crippen molar-refractivity contribution in [1.29, 1.82) is 0 Å². The van der Waals surface area contributed by atoms with Crippen LogP contribution in [0.25, 0.3) is 0 Å². The maximum atomic E-state index is 12.6. The van der Waals surface area contributed by atoms with Gasteiger partial charge in [0, 0.05) is 12.5 Å². The van der Waals surface area contributed by atoms with E-state index in [1.54, 1.807) is 0 Å². The molecule has 1 aromatic rings. The van der Waals surface area contributed by atoms with Crippen LogP contribution in [0.1, 0.15) is 18.1 Å². The first-order valence-corrected chi connectivity index (χ1v) is 4.94. The standard InChI is InChI=1S/C12H10F3NO2/c1-8(17)16-6-2-3-9-4-5-10(18)7-11(9)12(13,14)15/h4-5,7,18H,6H2,1H3,(H,16,17). The third-order valence-corrected chi connectivity index (χ3v) is 1.96. The summed E-state index contributed by atoms with van der Waals surface area (Å²) in [5.74, 6) is 3.92. The molecular weight excluding hydrogens is 247 g/mol. The number of phenolic OH excluding ortho intramolecular Hbond substituents is 1. The molecule has 0 radical (unpaired) electrons. The van der Waals surface area contributed by atoms with Gasteiger partial charge in [0.2, 0.25) is 5.91 Å². The summed E-state index contributed by atoms with van der Waals surface area (Å²) < 4.78 is 37.9. The Morgan fingerprint density at radius 3 is 2.67 bits per heavy atom. The molecule has 3 nitrogen and oxygen atoms in total. The summed E-state index contributed by atoms with van der Waals surface area (Å²) in [6.45, 7) is 1.25. The highest BCUT2D eigenvalue weighted by molar-refractivity contribution is 5.73. The monoisotopic (exact) mass is 257 g/mol. The van der Waals surface area contributed by atoms with E-state index in [1.165, 1.54) is 6.92 Å². The number of rotatable bonds is 1. The minimum atomic E-state index is -4.59. The summed E-state index contributed by atoms with van der Waals surface area (Å²) in [5, 5.41) is 11.4. The van der Waals surface area contributed by atoms with E-state index in [2.05, 4.69) is 17.2 Å². The van der Waals surface area contributed by atoms with Crippen LogP contribution in [0.4, 0.5) is 13.2 Å². The fourth-order valence-corrected chi connectivity index (χ4v) is 1.18. The first kappa shape index (κ1) is 13.9. The maximum absolute atomic E-state index is 12.6. The van der Waals surface area contributed by atoms with Gasteiger partial charge in [-0.1, -0.05) is 11.8 Å². The normalized spacial score (nSPS) is 10.4. The molecule has 0 saturated heterocycles. The van der Waals surface area contributed by atoms with E-state index in [0.29, 0.717) is 6.07 Å². The molecule has 0 aliphatic carbocycles. The minimum Gasteiger partial charge on any atom is -0.508 e. The first-order valence-electron chi connectivity index (χ1n) is 4.94. The zero-order valence-electron chi connectivity index (χ0n) is 9.43. The van der Waals surface area contributed by atoms with Gasteiger partial charge in [-0.25, -0.2) is 0 Å². The number of nitrogens with one attached hydrogen (secondary N) is 1. The number of alkyl halides is 3. The molecule has 0 heterocycles. The third-order valence-electron chi connectivity index (χ3n) is 1.96. The summed E-state index contributed by atoms with van der Waals surface area (Å²) >= 11 is 0. The van der Waals surface area contributed by atoms with E-state index in [4.69, 9.17) is 5.11 Å². The molecule has 0 fully saturated rings. The molecule has 6 heteroatoms. The van der Waals surface area contributed by atoms with Crippen molar-refractivity contribution in [2.45, 2.75) is 13.1 Å². The van der Waals surface area contributed by atoms with Gasteiger partial charge in [-0.05, 0) is 18.2 Å². The van der Waals surface area contributed by atoms with Crippen molar-refractivity contribution >= 4 is 5.91 Å². The fourth-order valence-electron chi connectivity index (χ4n) is 1.18. The van der Waals surface area contributed by atoms with Crippen molar-refractivity contribution in [2.75, 3.05) is 6.54 Å². The molecule has 0 spiro atoms. The third kappa shape index (κ3) is 4.01. The molecule has 0 aliphatic heterocycles. The van der Waals surface area contributed by atoms with Crippen LogP contribution in [0.2, 0.25) is 0 Å². The molecule has 2 N–H and O–H groups in total. The van der Waals surface area contributed by atoms with Crippen LogP contribution in [-0.2, 0) is 11.0 Å². The second-order valence-corrected chi connectivity index (χ2v) is 3.44. The van der Waals surface area contributed by atoms with Gasteiger partial charge in [-0.2, -0.15) is 13.2 Å². The van der Waals surface area contributed by atoms with Crippen LogP contribution < -0.4 is 5.32 Å². The largest absolute Gasteiger partial charge is 0.508 e. The quantitative estimate of drug-likeness (QED) is 0.755. The van der Waals surface area contributed by atoms with Gasteiger partial charge < -0.3 is 10.4 Å². The van der Waals surface area contributed by atoms with Crippen LogP contribution in [0.15, 0.2) is 18.2 Å². The summed E-state index contributed by atoms with van der Waals surface area (Å²) in [7, 11) is 0. The SMILES string of the molecule is CC(=O)NCC#Cc1ccc(O)cc1C(F)(F)F. The second-order valence-electron chi connectivity index (χ2n) is 3.44. The van der Waals surface area contributed by atoms with Gasteiger partial charge in [0.15, 0.2) is 0 Å². The molecule has 1 aromatic carbocycles. The van der Waals surface area contributed by atoms with Crippen molar-refractivity contribution < 1.29 is 23.1 Å². The summed E-state index contributed by atoms with van der Waals surface area (Å²) in [6, 6.07) is 2.82. The molecule has 0 aliphatic rings. The molecule has 0 atom stereocenters. The highest BCUT2D eigenvalue weighted by Crippen LogP contribution is 2.33. The van der Waals surface area contributed by atoms with Gasteiger partial charge in [0.1, 0.15) is 5.75 Å². The number of benzene rings is 1. The number of amides is 1. The van der Waals surface area contributed by atoms with Crippen LogP contribution in [-0.4, -0.2) is 17.6 Å². The average Bonchev–Trinajstić information content (AvgIpc) is 2.24. The van der Waals surface area contributed by atoms with Crippen molar-refractivity contribution in [3.63, 3.8) is 0 Å². The summed E-state index contributed by atoms with van der Waals surface area (Å²) in [5.41, 5.74) is -1.25. The lowest BCUT2D eigenvalue weighted by Crippen LogP contribution is -2.19. The average molecular weight is 257 g/mol. The molecule has 96 valence electrons. The number of carbonyl (C=O) groups excluding carboxylic acids is 1. The van der Waals surface area contributed by atoms with Crippen LogP contribution in [0, 0.1) is 11.8 Å². The topological polar surface area (TPSA) is 49.3 Å². The van der Waals surface area contributed by atoms with Gasteiger partial charge >= 0.3 is 6.18 Å². The van der Waals surface area contributed by atoms with E-state index < -0.39 is 17.5 Å². The van der Waals surface area contributed by atoms with E-state index in [9.17, 15) is 18.0 Å². The Balaban J connectivity index is 2.98. The molecule has 0 bridgehead atoms. The zero-order valence-corrected chi connectivity index (χ0v) is 9.43. The van der Waals surface area contributed by atoms with Crippen LogP contribution in [0.5, 0.6) is 5.75 Å². The second kappa shape index (κ2) is 5.45. The van der Waals surface area contributed by atoms with Crippen molar-refractivity contribution in [3.05, 3.63) is 29.3 Å². The van der Waals surface area contributed by atoms with Gasteiger partial charge in [-0.15, -0.1) is 0 Å². The summed E-state index contributed by atoms with van der Waals surface area (Å²) in [6.07, 6.45) is -4.59. The molecular formula is C12H10F3NO2. The fraction of sp³-hybridized carbons (Fsp3) is 0.250. The van der Waals surface area contributed by atoms with Crippen molar-refractivity contribution in [3.8, 4) is 17.6 Å². The predicted molar refractivity (Wildman–Crippen MR) is 58.7 cm³/mol. The number of carbonyl (C=O) groups is 1. The number of aromatic hydroxyl groups is 1. The van der Waals surface area contributed by atoms with Gasteiger partial charge in [-0.3, -0.25) is 4.79 Å². The van der Waals surface area contributed by atoms with Crippen LogP contribution in [0.3, 0.4) is 0 Å². The lowest BCUT2D eigenvalue weighted by molar-refractivity contribution is -0.137. The molecule has 0 saturated carbocycles. The Hall–Kier alpha value is -2.16. The Morgan fingerprint density at radius 2 is 2.11 bits per heavy atom. The lowest BCUT2D eigenvalue weighted by Gasteiger charge is -2.09. The minimum absolute atomic E-state index is 0.0342. The van der Waals surface area contributed by atoms with E-state index in [1.807, 2.05) is 0 Å². The highest BCUT2D eigenvalue weighted by Gasteiger charge is 2.33. The Morgan fingerprint density at radius 1 is 1.44 bits per heavy atom. The molecule has 1 rings (SSSR count). The van der Waals surface area contributed by atoms with Gasteiger partial charge in [0.05, 0.1) is 12.1 Å². The molecule has 0 unspecified atom stereocenters. The Bertz CT molecular complexity index is 512. The van der Waals surface area contributed by atoms with Crippen LogP contribution >= 0.6 is 0 Å². The molecule has 1 amide bonds. The molecule has 18 heavy (non-hydrogen) atoms. The smallest absolute Gasteiger partial charge is 0.417 e. The Labute approximate surface area is 102 Å². The van der Waals surface area contributed by atoms with Gasteiger partial charge in [0.25, 0.3) is 0 Å². The first-order chi connectivity index (χ1) is 8.30. The van der Waals surface area contributed by atoms with E-state index >= 15 is 0 Å². The highest BCUT2D eigenvalue weighted by atomic mass is 19.4. The van der Waals surface area contributed by atoms with Crippen molar-refractivity contribution in [2.24, 2.45) is 0 Å². The predicted octanol–water partition coefficient (Wildman–Crippen LogP) is 1.90. The lowest BCUT2D eigenvalue weighted by atomic mass is 10.1. The number of hydrogen-bond donors (Lipinski definition) is 2. The zero-order chi connectivity index (χ0) is 13.8. The maximum Gasteiger partial charge on any atom is 0.417 e. The summed E-state index contributed by atoms with van der Waals surface area (Å²) in [4.78, 5) is 10.5. The van der Waals surface area contributed by atoms with E-state index in [-0.39, 0.29) is 18.0 Å². The molecule has 0 aromatic heterocycles.